The van der Waals surface area contributed by atoms with Crippen LogP contribution in [0.1, 0.15) is 19.8 Å². The van der Waals surface area contributed by atoms with Gasteiger partial charge in [-0.3, -0.25) is 0 Å². The molecule has 1 heterocycles. The summed E-state index contributed by atoms with van der Waals surface area (Å²) >= 11 is 0. The molecule has 3 N–H and O–H groups in total. The van der Waals surface area contributed by atoms with E-state index < -0.39 is 6.09 Å². The highest BCUT2D eigenvalue weighted by atomic mass is 16.4. The van der Waals surface area contributed by atoms with Crippen molar-refractivity contribution in [1.29, 1.82) is 0 Å². The molecule has 0 spiro atoms. The van der Waals surface area contributed by atoms with E-state index in [1.807, 2.05) is 0 Å². The monoisotopic (exact) mass is 172 g/mol. The molecule has 1 aliphatic heterocycles. The lowest BCUT2D eigenvalue weighted by Gasteiger charge is -2.34. The molecule has 70 valence electrons. The SMILES string of the molecule is CCC1CN(C(=O)O)CCC1N. The van der Waals surface area contributed by atoms with Gasteiger partial charge >= 0.3 is 6.09 Å². The Morgan fingerprint density at radius 3 is 2.92 bits per heavy atom. The molecule has 1 amide bonds. The minimum absolute atomic E-state index is 0.186. The van der Waals surface area contributed by atoms with Gasteiger partial charge in [-0.2, -0.15) is 0 Å². The Morgan fingerprint density at radius 2 is 2.42 bits per heavy atom. The van der Waals surface area contributed by atoms with Crippen LogP contribution in [0, 0.1) is 5.92 Å². The normalized spacial score (nSPS) is 30.3. The largest absolute Gasteiger partial charge is 0.465 e. The summed E-state index contributed by atoms with van der Waals surface area (Å²) < 4.78 is 0. The van der Waals surface area contributed by atoms with Gasteiger partial charge in [0.15, 0.2) is 0 Å². The molecule has 0 aromatic carbocycles. The summed E-state index contributed by atoms with van der Waals surface area (Å²) in [6.45, 7) is 3.25. The highest BCUT2D eigenvalue weighted by molar-refractivity contribution is 5.65. The molecule has 0 aromatic heterocycles. The molecule has 0 radical (unpaired) electrons. The second-order valence-corrected chi connectivity index (χ2v) is 3.35. The molecule has 0 aliphatic carbocycles. The first-order valence-corrected chi connectivity index (χ1v) is 4.38. The van der Waals surface area contributed by atoms with Gasteiger partial charge in [-0.1, -0.05) is 13.3 Å². The van der Waals surface area contributed by atoms with Gasteiger partial charge in [-0.15, -0.1) is 0 Å². The maximum Gasteiger partial charge on any atom is 0.407 e. The molecule has 4 heteroatoms. The first-order chi connectivity index (χ1) is 5.65. The van der Waals surface area contributed by atoms with E-state index >= 15 is 0 Å². The van der Waals surface area contributed by atoms with Gasteiger partial charge in [0.25, 0.3) is 0 Å². The van der Waals surface area contributed by atoms with E-state index in [9.17, 15) is 4.79 Å². The van der Waals surface area contributed by atoms with Crippen LogP contribution in [0.15, 0.2) is 0 Å². The number of hydrogen-bond acceptors (Lipinski definition) is 2. The van der Waals surface area contributed by atoms with Crippen LogP contribution in [0.5, 0.6) is 0 Å². The van der Waals surface area contributed by atoms with Crippen LogP contribution in [0.4, 0.5) is 4.79 Å². The van der Waals surface area contributed by atoms with Gasteiger partial charge in [-0.25, -0.2) is 4.79 Å². The number of amides is 1. The molecule has 4 nitrogen and oxygen atoms in total. The molecule has 12 heavy (non-hydrogen) atoms. The Hall–Kier alpha value is -0.770. The summed E-state index contributed by atoms with van der Waals surface area (Å²) in [4.78, 5) is 12.1. The maximum atomic E-state index is 10.6. The Kier molecular flexibility index (Phi) is 2.92. The Morgan fingerprint density at radius 1 is 1.75 bits per heavy atom. The van der Waals surface area contributed by atoms with Gasteiger partial charge in [0.2, 0.25) is 0 Å². The predicted octanol–water partition coefficient (Wildman–Crippen LogP) is 0.724. The summed E-state index contributed by atoms with van der Waals surface area (Å²) in [5.74, 6) is 0.342. The number of piperidine rings is 1. The van der Waals surface area contributed by atoms with Crippen LogP contribution in [0.2, 0.25) is 0 Å². The zero-order valence-corrected chi connectivity index (χ0v) is 7.36. The van der Waals surface area contributed by atoms with Gasteiger partial charge in [0.05, 0.1) is 0 Å². The van der Waals surface area contributed by atoms with E-state index in [1.54, 1.807) is 0 Å². The standard InChI is InChI=1S/C8H16N2O2/c1-2-6-5-10(8(11)12)4-3-7(6)9/h6-7H,2-5,9H2,1H3,(H,11,12). The Balaban J connectivity index is 2.49. The van der Waals surface area contributed by atoms with Crippen LogP contribution >= 0.6 is 0 Å². The summed E-state index contributed by atoms with van der Waals surface area (Å²) in [6.07, 6.45) is 0.941. The van der Waals surface area contributed by atoms with Gasteiger partial charge in [0, 0.05) is 19.1 Å². The lowest BCUT2D eigenvalue weighted by Crippen LogP contribution is -2.48. The molecule has 1 aliphatic rings. The summed E-state index contributed by atoms with van der Waals surface area (Å²) in [6, 6.07) is 0.186. The van der Waals surface area contributed by atoms with Crippen molar-refractivity contribution in [2.24, 2.45) is 11.7 Å². The molecular weight excluding hydrogens is 156 g/mol. The molecule has 0 aromatic rings. The van der Waals surface area contributed by atoms with Crippen LogP contribution in [-0.2, 0) is 0 Å². The first-order valence-electron chi connectivity index (χ1n) is 4.38. The fourth-order valence-electron chi connectivity index (χ4n) is 1.66. The third-order valence-electron chi connectivity index (χ3n) is 2.59. The average Bonchev–Trinajstić information content (AvgIpc) is 2.05. The topological polar surface area (TPSA) is 66.6 Å². The van der Waals surface area contributed by atoms with E-state index in [0.717, 1.165) is 12.8 Å². The van der Waals surface area contributed by atoms with Crippen molar-refractivity contribution in [1.82, 2.24) is 4.90 Å². The molecule has 1 rings (SSSR count). The van der Waals surface area contributed by atoms with Gasteiger partial charge in [0.1, 0.15) is 0 Å². The maximum absolute atomic E-state index is 10.6. The number of nitrogens with two attached hydrogens (primary N) is 1. The fraction of sp³-hybridized carbons (Fsp3) is 0.875. The van der Waals surface area contributed by atoms with E-state index in [-0.39, 0.29) is 6.04 Å². The number of nitrogens with zero attached hydrogens (tertiary/aromatic N) is 1. The van der Waals surface area contributed by atoms with Gasteiger partial charge in [-0.05, 0) is 12.3 Å². The minimum Gasteiger partial charge on any atom is -0.465 e. The van der Waals surface area contributed by atoms with Crippen LogP contribution in [0.3, 0.4) is 0 Å². The number of likely N-dealkylation sites (tertiary alicyclic amines) is 1. The lowest BCUT2D eigenvalue weighted by molar-refractivity contribution is 0.112. The Bertz CT molecular complexity index is 172. The summed E-state index contributed by atoms with van der Waals surface area (Å²) in [5.41, 5.74) is 5.83. The number of rotatable bonds is 1. The molecular formula is C8H16N2O2. The molecule has 1 saturated heterocycles. The third kappa shape index (κ3) is 1.88. The van der Waals surface area contributed by atoms with Crippen LogP contribution in [0.25, 0.3) is 0 Å². The lowest BCUT2D eigenvalue weighted by atomic mass is 9.91. The van der Waals surface area contributed by atoms with Gasteiger partial charge < -0.3 is 15.7 Å². The zero-order valence-electron chi connectivity index (χ0n) is 7.36. The number of carbonyl (C=O) groups is 1. The van der Waals surface area contributed by atoms with Crippen molar-refractivity contribution in [2.75, 3.05) is 13.1 Å². The third-order valence-corrected chi connectivity index (χ3v) is 2.59. The average molecular weight is 172 g/mol. The number of carboxylic acid groups (broad SMARTS) is 1. The van der Waals surface area contributed by atoms with Crippen molar-refractivity contribution in [3.8, 4) is 0 Å². The summed E-state index contributed by atoms with van der Waals surface area (Å²) in [7, 11) is 0. The predicted molar refractivity (Wildman–Crippen MR) is 46.0 cm³/mol. The van der Waals surface area contributed by atoms with Crippen molar-refractivity contribution < 1.29 is 9.90 Å². The number of hydrogen-bond donors (Lipinski definition) is 2. The highest BCUT2D eigenvalue weighted by Crippen LogP contribution is 2.18. The second-order valence-electron chi connectivity index (χ2n) is 3.35. The highest BCUT2D eigenvalue weighted by Gasteiger charge is 2.27. The van der Waals surface area contributed by atoms with E-state index in [0.29, 0.717) is 19.0 Å². The van der Waals surface area contributed by atoms with E-state index in [1.165, 1.54) is 4.90 Å². The van der Waals surface area contributed by atoms with Crippen molar-refractivity contribution >= 4 is 6.09 Å². The Labute approximate surface area is 72.3 Å². The zero-order chi connectivity index (χ0) is 9.14. The van der Waals surface area contributed by atoms with E-state index in [2.05, 4.69) is 6.92 Å². The first kappa shape index (κ1) is 9.32. The quantitative estimate of drug-likeness (QED) is 0.612. The second kappa shape index (κ2) is 3.76. The molecule has 2 atom stereocenters. The molecule has 2 unspecified atom stereocenters. The fourth-order valence-corrected chi connectivity index (χ4v) is 1.66. The van der Waals surface area contributed by atoms with Crippen molar-refractivity contribution in [2.45, 2.75) is 25.8 Å². The van der Waals surface area contributed by atoms with Crippen molar-refractivity contribution in [3.05, 3.63) is 0 Å². The molecule has 0 saturated carbocycles. The molecule has 0 bridgehead atoms. The van der Waals surface area contributed by atoms with Crippen LogP contribution in [-0.4, -0.2) is 35.2 Å². The molecule has 1 fully saturated rings. The van der Waals surface area contributed by atoms with Crippen molar-refractivity contribution in [3.63, 3.8) is 0 Å². The smallest absolute Gasteiger partial charge is 0.407 e. The summed E-state index contributed by atoms with van der Waals surface area (Å²) in [5, 5.41) is 8.72. The minimum atomic E-state index is -0.819. The van der Waals surface area contributed by atoms with E-state index in [4.69, 9.17) is 10.8 Å². The van der Waals surface area contributed by atoms with Crippen LogP contribution < -0.4 is 5.73 Å².